The molecule has 1 saturated carbocycles. The van der Waals surface area contributed by atoms with E-state index in [2.05, 4.69) is 46.4 Å². The first-order valence-electron chi connectivity index (χ1n) is 26.7. The summed E-state index contributed by atoms with van der Waals surface area (Å²) in [6.45, 7) is 14.4. The van der Waals surface area contributed by atoms with Crippen molar-refractivity contribution >= 4 is 64.0 Å². The van der Waals surface area contributed by atoms with Crippen LogP contribution in [0.25, 0.3) is 10.4 Å². The Morgan fingerprint density at radius 3 is 2.39 bits per heavy atom. The SMILES string of the molecule is CC[C@@H]1C(=O)N(C)c2cnc(Nc3ccc(C(=O)NC4CCN(CCOCCNCC(=O)N[C@H](C(=O)N5CCC[C@H]5C(=O)NCc5ccc(-c6scnc6C)cc5)C(C)(C)C)CC4)cc3OC)nc2N1C1CCCC1. The number of carbonyl (C=O) groups is 5. The van der Waals surface area contributed by atoms with Gasteiger partial charge in [0.25, 0.3) is 5.91 Å². The van der Waals surface area contributed by atoms with Gasteiger partial charge >= 0.3 is 0 Å². The van der Waals surface area contributed by atoms with Crippen molar-refractivity contribution in [2.75, 3.05) is 81.8 Å². The fourth-order valence-electron chi connectivity index (χ4n) is 10.7. The topological polar surface area (TPSA) is 216 Å². The van der Waals surface area contributed by atoms with E-state index < -0.39 is 17.5 Å². The lowest BCUT2D eigenvalue weighted by Gasteiger charge is -2.43. The number of piperidine rings is 1. The number of nitrogens with zero attached hydrogens (tertiary/aromatic N) is 7. The number of benzene rings is 2. The molecule has 3 aliphatic heterocycles. The molecule has 20 heteroatoms. The first-order chi connectivity index (χ1) is 36.1. The second kappa shape index (κ2) is 25.1. The molecule has 3 atom stereocenters. The van der Waals surface area contributed by atoms with Crippen LogP contribution in [0.3, 0.4) is 0 Å². The van der Waals surface area contributed by atoms with E-state index in [9.17, 15) is 24.0 Å². The third-order valence-corrected chi connectivity index (χ3v) is 16.0. The zero-order valence-electron chi connectivity index (χ0n) is 44.7. The molecule has 0 spiro atoms. The number of aromatic nitrogens is 3. The van der Waals surface area contributed by atoms with Crippen molar-refractivity contribution in [3.05, 3.63) is 71.0 Å². The second-order valence-electron chi connectivity index (χ2n) is 21.2. The summed E-state index contributed by atoms with van der Waals surface area (Å²) in [7, 11) is 3.35. The van der Waals surface area contributed by atoms with E-state index in [0.717, 1.165) is 85.7 Å². The standard InChI is InChI=1S/C55H76N12O7S/c1-8-42-52(71)64(6)44-32-58-54(63-49(44)67(42)40-12-9-10-13-40)61-41-20-19-38(30-45(41)73-7)50(69)60-39-21-25-65(26-22-39)27-29-74-28-23-56-33-46(68)62-48(55(3,4)5)53(72)66-24-11-14-43(66)51(70)57-31-36-15-17-37(18-16-36)47-35(2)59-34-75-47/h15-20,30,32,34,39-40,42-43,48,56H,8-14,21-29,31,33H2,1-7H3,(H,57,70)(H,60,69)(H,62,68)(H,58,61,63)/t42-,43+,48-/m1/s1. The summed E-state index contributed by atoms with van der Waals surface area (Å²) in [5.41, 5.74) is 6.09. The fraction of sp³-hybridized carbons (Fsp3) is 0.564. The number of anilines is 4. The molecule has 5 amide bonds. The van der Waals surface area contributed by atoms with Gasteiger partial charge in [-0.3, -0.25) is 24.0 Å². The minimum absolute atomic E-state index is 0.0213. The van der Waals surface area contributed by atoms with E-state index in [4.69, 9.17) is 14.5 Å². The average molecular weight is 1050 g/mol. The Morgan fingerprint density at radius 2 is 1.69 bits per heavy atom. The van der Waals surface area contributed by atoms with E-state index in [-0.39, 0.29) is 54.2 Å². The number of hydrogen-bond donors (Lipinski definition) is 5. The molecular weight excluding hydrogens is 973 g/mol. The molecule has 2 aromatic carbocycles. The van der Waals surface area contributed by atoms with Crippen LogP contribution in [0, 0.1) is 12.3 Å². The van der Waals surface area contributed by atoms with Crippen LogP contribution in [-0.2, 0) is 30.5 Å². The third kappa shape index (κ3) is 13.4. The highest BCUT2D eigenvalue weighted by Crippen LogP contribution is 2.41. The Hall–Kier alpha value is -6.22. The van der Waals surface area contributed by atoms with Crippen molar-refractivity contribution in [1.29, 1.82) is 0 Å². The summed E-state index contributed by atoms with van der Waals surface area (Å²) >= 11 is 1.60. The van der Waals surface area contributed by atoms with E-state index in [1.807, 2.05) is 64.4 Å². The highest BCUT2D eigenvalue weighted by Gasteiger charge is 2.43. The van der Waals surface area contributed by atoms with Gasteiger partial charge in [-0.25, -0.2) is 9.97 Å². The monoisotopic (exact) mass is 1050 g/mol. The van der Waals surface area contributed by atoms with Gasteiger partial charge < -0.3 is 55.7 Å². The van der Waals surface area contributed by atoms with E-state index in [1.54, 1.807) is 59.7 Å². The first kappa shape index (κ1) is 55.0. The summed E-state index contributed by atoms with van der Waals surface area (Å²) in [4.78, 5) is 90.2. The number of aryl methyl sites for hydroxylation is 1. The molecule has 19 nitrogen and oxygen atoms in total. The van der Waals surface area contributed by atoms with Gasteiger partial charge in [0.05, 0.1) is 54.8 Å². The predicted octanol–water partition coefficient (Wildman–Crippen LogP) is 5.80. The molecule has 5 heterocycles. The maximum atomic E-state index is 14.0. The molecule has 2 saturated heterocycles. The van der Waals surface area contributed by atoms with Crippen LogP contribution in [0.1, 0.15) is 107 Å². The Bertz CT molecular complexity index is 2630. The highest BCUT2D eigenvalue weighted by atomic mass is 32.1. The molecule has 4 aliphatic rings. The molecule has 2 aromatic heterocycles. The molecule has 75 heavy (non-hydrogen) atoms. The fourth-order valence-corrected chi connectivity index (χ4v) is 11.5. The molecule has 404 valence electrons. The predicted molar refractivity (Wildman–Crippen MR) is 291 cm³/mol. The van der Waals surface area contributed by atoms with Crippen LogP contribution in [0.15, 0.2) is 54.2 Å². The Kier molecular flexibility index (Phi) is 18.4. The number of amides is 5. The van der Waals surface area contributed by atoms with E-state index in [1.165, 1.54) is 0 Å². The molecule has 3 fully saturated rings. The summed E-state index contributed by atoms with van der Waals surface area (Å²) in [6, 6.07) is 12.0. The lowest BCUT2D eigenvalue weighted by molar-refractivity contribution is -0.143. The number of rotatable bonds is 21. The quantitative estimate of drug-likeness (QED) is 0.0624. The smallest absolute Gasteiger partial charge is 0.251 e. The summed E-state index contributed by atoms with van der Waals surface area (Å²) < 4.78 is 11.6. The lowest BCUT2D eigenvalue weighted by Crippen LogP contribution is -2.58. The highest BCUT2D eigenvalue weighted by molar-refractivity contribution is 7.13. The van der Waals surface area contributed by atoms with Gasteiger partial charge in [-0.05, 0) is 86.6 Å². The minimum atomic E-state index is -0.807. The van der Waals surface area contributed by atoms with Crippen LogP contribution < -0.4 is 41.1 Å². The van der Waals surface area contributed by atoms with Gasteiger partial charge in [0.2, 0.25) is 29.6 Å². The zero-order valence-corrected chi connectivity index (χ0v) is 45.5. The molecule has 1 aliphatic carbocycles. The van der Waals surface area contributed by atoms with Crippen molar-refractivity contribution < 1.29 is 33.4 Å². The van der Waals surface area contributed by atoms with Crippen molar-refractivity contribution in [2.24, 2.45) is 5.41 Å². The molecule has 8 rings (SSSR count). The number of thiazole rings is 1. The van der Waals surface area contributed by atoms with Crippen molar-refractivity contribution in [3.8, 4) is 16.2 Å². The summed E-state index contributed by atoms with van der Waals surface area (Å²) in [6.07, 6.45) is 9.61. The molecular formula is C55H76N12O7S. The Balaban J connectivity index is 0.718. The van der Waals surface area contributed by atoms with Crippen LogP contribution >= 0.6 is 11.3 Å². The zero-order chi connectivity index (χ0) is 53.2. The van der Waals surface area contributed by atoms with Gasteiger partial charge in [0.15, 0.2) is 5.82 Å². The summed E-state index contributed by atoms with van der Waals surface area (Å²) in [5, 5.41) is 15.6. The molecule has 5 N–H and O–H groups in total. The number of nitrogens with one attached hydrogen (secondary N) is 5. The number of ether oxygens (including phenoxy) is 2. The molecule has 0 radical (unpaired) electrons. The number of methoxy groups -OCH3 is 1. The minimum Gasteiger partial charge on any atom is -0.495 e. The number of carbonyl (C=O) groups excluding carboxylic acids is 5. The Morgan fingerprint density at radius 1 is 0.933 bits per heavy atom. The number of hydrogen-bond acceptors (Lipinski definition) is 15. The number of likely N-dealkylation sites (N-methyl/N-ethyl adjacent to an activating group) is 1. The molecule has 0 bridgehead atoms. The largest absolute Gasteiger partial charge is 0.495 e. The van der Waals surface area contributed by atoms with Gasteiger partial charge in [-0.2, -0.15) is 4.98 Å². The van der Waals surface area contributed by atoms with Crippen LogP contribution in [-0.4, -0.2) is 151 Å². The van der Waals surface area contributed by atoms with Crippen molar-refractivity contribution in [1.82, 2.24) is 46.0 Å². The third-order valence-electron chi connectivity index (χ3n) is 15.0. The average Bonchev–Trinajstić information content (AvgIpc) is 4.22. The number of likely N-dealkylation sites (tertiary alicyclic amines) is 2. The van der Waals surface area contributed by atoms with E-state index >= 15 is 0 Å². The second-order valence-corrected chi connectivity index (χ2v) is 22.1. The molecule has 0 unspecified atom stereocenters. The van der Waals surface area contributed by atoms with Crippen molar-refractivity contribution in [2.45, 2.75) is 129 Å². The van der Waals surface area contributed by atoms with Gasteiger partial charge in [0.1, 0.15) is 29.6 Å². The molecule has 4 aromatic rings. The summed E-state index contributed by atoms with van der Waals surface area (Å²) in [5.74, 6) is 0.762. The Labute approximate surface area is 445 Å². The first-order valence-corrected chi connectivity index (χ1v) is 27.6. The van der Waals surface area contributed by atoms with Crippen molar-refractivity contribution in [3.63, 3.8) is 0 Å². The van der Waals surface area contributed by atoms with E-state index in [0.29, 0.717) is 80.7 Å². The lowest BCUT2D eigenvalue weighted by atomic mass is 9.85. The van der Waals surface area contributed by atoms with Gasteiger partial charge in [-0.15, -0.1) is 11.3 Å². The maximum Gasteiger partial charge on any atom is 0.251 e. The van der Waals surface area contributed by atoms with Gasteiger partial charge in [0, 0.05) is 64.0 Å². The van der Waals surface area contributed by atoms with Crippen LogP contribution in [0.5, 0.6) is 5.75 Å². The van der Waals surface area contributed by atoms with Gasteiger partial charge in [-0.1, -0.05) is 64.8 Å². The normalized spacial score (nSPS) is 19.0. The number of fused-ring (bicyclic) bond motifs is 1. The van der Waals surface area contributed by atoms with Crippen LogP contribution in [0.2, 0.25) is 0 Å². The maximum absolute atomic E-state index is 14.0. The van der Waals surface area contributed by atoms with Crippen LogP contribution in [0.4, 0.5) is 23.1 Å².